The minimum Gasteiger partial charge on any atom is -0.384 e. The number of rotatable bonds is 3. The van der Waals surface area contributed by atoms with Gasteiger partial charge in [0.15, 0.2) is 0 Å². The Morgan fingerprint density at radius 2 is 1.73 bits per heavy atom. The first kappa shape index (κ1) is 15.6. The van der Waals surface area contributed by atoms with Crippen molar-refractivity contribution in [2.24, 2.45) is 14.1 Å². The van der Waals surface area contributed by atoms with E-state index in [1.807, 2.05) is 19.1 Å². The number of nitrogen functional groups attached to an aromatic ring is 1. The first-order valence-corrected chi connectivity index (χ1v) is 6.82. The van der Waals surface area contributed by atoms with Gasteiger partial charge in [0.1, 0.15) is 11.4 Å². The van der Waals surface area contributed by atoms with E-state index in [2.05, 4.69) is 5.32 Å². The molecule has 0 aliphatic carbocycles. The van der Waals surface area contributed by atoms with E-state index in [-0.39, 0.29) is 11.4 Å². The van der Waals surface area contributed by atoms with Crippen LogP contribution in [-0.2, 0) is 20.5 Å². The molecule has 0 aliphatic rings. The summed E-state index contributed by atoms with van der Waals surface area (Å²) in [6.07, 6.45) is 0.891. The van der Waals surface area contributed by atoms with Crippen molar-refractivity contribution >= 4 is 17.4 Å². The molecule has 2 rings (SSSR count). The number of nitrogens with one attached hydrogen (secondary N) is 1. The fourth-order valence-corrected chi connectivity index (χ4v) is 2.09. The third kappa shape index (κ3) is 2.65. The maximum absolute atomic E-state index is 12.3. The Hall–Kier alpha value is -2.83. The number of hydrogen-bond donors (Lipinski definition) is 2. The number of carbonyl (C=O) groups excluding carboxylic acids is 1. The van der Waals surface area contributed by atoms with Crippen LogP contribution in [0.5, 0.6) is 0 Å². The van der Waals surface area contributed by atoms with Gasteiger partial charge >= 0.3 is 5.69 Å². The lowest BCUT2D eigenvalue weighted by Crippen LogP contribution is -2.42. The van der Waals surface area contributed by atoms with Crippen molar-refractivity contribution in [1.29, 1.82) is 0 Å². The van der Waals surface area contributed by atoms with Crippen LogP contribution in [0.15, 0.2) is 33.9 Å². The topological polar surface area (TPSA) is 99.1 Å². The minimum atomic E-state index is -0.719. The molecule has 116 valence electrons. The van der Waals surface area contributed by atoms with Gasteiger partial charge in [0, 0.05) is 19.8 Å². The second-order valence-electron chi connectivity index (χ2n) is 4.97. The van der Waals surface area contributed by atoms with Crippen molar-refractivity contribution in [2.45, 2.75) is 13.3 Å². The highest BCUT2D eigenvalue weighted by molar-refractivity contribution is 6.06. The number of nitrogens with zero attached hydrogens (tertiary/aromatic N) is 2. The average molecular weight is 302 g/mol. The fraction of sp³-hybridized carbons (Fsp3) is 0.267. The highest BCUT2D eigenvalue weighted by Gasteiger charge is 2.20. The molecule has 1 amide bonds. The highest BCUT2D eigenvalue weighted by atomic mass is 16.2. The van der Waals surface area contributed by atoms with Crippen molar-refractivity contribution < 1.29 is 4.79 Å². The Morgan fingerprint density at radius 1 is 1.14 bits per heavy atom. The highest BCUT2D eigenvalue weighted by Crippen LogP contribution is 2.12. The Labute approximate surface area is 127 Å². The van der Waals surface area contributed by atoms with Gasteiger partial charge in [0.2, 0.25) is 0 Å². The van der Waals surface area contributed by atoms with Crippen molar-refractivity contribution in [1.82, 2.24) is 9.13 Å². The number of hydrogen-bond acceptors (Lipinski definition) is 4. The first-order chi connectivity index (χ1) is 10.4. The summed E-state index contributed by atoms with van der Waals surface area (Å²) in [6.45, 7) is 2.03. The Bertz CT molecular complexity index is 832. The fourth-order valence-electron chi connectivity index (χ4n) is 2.09. The molecule has 0 fully saturated rings. The van der Waals surface area contributed by atoms with Crippen LogP contribution in [0.25, 0.3) is 0 Å². The van der Waals surface area contributed by atoms with Crippen LogP contribution in [0, 0.1) is 0 Å². The predicted molar refractivity (Wildman–Crippen MR) is 85.1 cm³/mol. The number of nitrogens with two attached hydrogens (primary N) is 1. The van der Waals surface area contributed by atoms with Crippen molar-refractivity contribution in [3.8, 4) is 0 Å². The maximum atomic E-state index is 12.3. The number of aryl methyl sites for hydroxylation is 1. The quantitative estimate of drug-likeness (QED) is 0.861. The molecule has 7 nitrogen and oxygen atoms in total. The van der Waals surface area contributed by atoms with Gasteiger partial charge in [0.25, 0.3) is 11.5 Å². The third-order valence-electron chi connectivity index (χ3n) is 3.56. The lowest BCUT2D eigenvalue weighted by molar-refractivity contribution is 0.102. The van der Waals surface area contributed by atoms with E-state index in [9.17, 15) is 14.4 Å². The van der Waals surface area contributed by atoms with Crippen molar-refractivity contribution in [3.05, 3.63) is 56.2 Å². The smallest absolute Gasteiger partial charge is 0.332 e. The second kappa shape index (κ2) is 5.88. The molecule has 1 aromatic heterocycles. The van der Waals surface area contributed by atoms with Gasteiger partial charge in [-0.25, -0.2) is 4.79 Å². The molecule has 1 aromatic carbocycles. The Kier molecular flexibility index (Phi) is 4.16. The summed E-state index contributed by atoms with van der Waals surface area (Å²) in [5.74, 6) is -0.797. The summed E-state index contributed by atoms with van der Waals surface area (Å²) >= 11 is 0. The normalized spacial score (nSPS) is 10.5. The van der Waals surface area contributed by atoms with Gasteiger partial charge < -0.3 is 11.1 Å². The molecular weight excluding hydrogens is 284 g/mol. The molecule has 0 radical (unpaired) electrons. The van der Waals surface area contributed by atoms with Gasteiger partial charge in [-0.3, -0.25) is 18.7 Å². The molecule has 0 atom stereocenters. The van der Waals surface area contributed by atoms with Gasteiger partial charge in [0.05, 0.1) is 0 Å². The molecule has 22 heavy (non-hydrogen) atoms. The van der Waals surface area contributed by atoms with Gasteiger partial charge in [-0.1, -0.05) is 19.1 Å². The zero-order chi connectivity index (χ0) is 16.4. The number of carbonyl (C=O) groups is 1. The zero-order valence-corrected chi connectivity index (χ0v) is 12.7. The van der Waals surface area contributed by atoms with Crippen LogP contribution in [0.1, 0.15) is 22.8 Å². The summed E-state index contributed by atoms with van der Waals surface area (Å²) < 4.78 is 1.92. The third-order valence-corrected chi connectivity index (χ3v) is 3.56. The SMILES string of the molecule is CCc1ccc(NC(=O)c2c(N)n(C)c(=O)n(C)c2=O)cc1. The maximum Gasteiger partial charge on any atom is 0.332 e. The molecular formula is C15H18N4O3. The predicted octanol–water partition coefficient (Wildman–Crippen LogP) is 0.481. The van der Waals surface area contributed by atoms with E-state index in [1.54, 1.807) is 12.1 Å². The lowest BCUT2D eigenvalue weighted by Gasteiger charge is -2.11. The lowest BCUT2D eigenvalue weighted by atomic mass is 10.1. The molecule has 0 spiro atoms. The number of aromatic nitrogens is 2. The summed E-state index contributed by atoms with van der Waals surface area (Å²) in [4.78, 5) is 36.1. The van der Waals surface area contributed by atoms with Crippen molar-refractivity contribution in [3.63, 3.8) is 0 Å². The molecule has 0 unspecified atom stereocenters. The molecule has 0 bridgehead atoms. The number of anilines is 2. The average Bonchev–Trinajstić information content (AvgIpc) is 2.52. The summed E-state index contributed by atoms with van der Waals surface area (Å²) in [5, 5.41) is 2.62. The Balaban J connectivity index is 2.42. The van der Waals surface area contributed by atoms with Crippen LogP contribution in [0.4, 0.5) is 11.5 Å². The van der Waals surface area contributed by atoms with Gasteiger partial charge in [-0.15, -0.1) is 0 Å². The van der Waals surface area contributed by atoms with E-state index < -0.39 is 17.2 Å². The van der Waals surface area contributed by atoms with Crippen molar-refractivity contribution in [2.75, 3.05) is 11.1 Å². The van der Waals surface area contributed by atoms with E-state index in [4.69, 9.17) is 5.73 Å². The molecule has 0 aliphatic heterocycles. The van der Waals surface area contributed by atoms with E-state index in [1.165, 1.54) is 14.1 Å². The summed E-state index contributed by atoms with van der Waals surface area (Å²) in [5.41, 5.74) is 5.89. The van der Waals surface area contributed by atoms with E-state index in [0.29, 0.717) is 5.69 Å². The molecule has 0 saturated carbocycles. The molecule has 7 heteroatoms. The molecule has 3 N–H and O–H groups in total. The standard InChI is InChI=1S/C15H18N4O3/c1-4-9-5-7-10(8-6-9)17-13(20)11-12(16)18(2)15(22)19(3)14(11)21/h5-8H,4,16H2,1-3H3,(H,17,20). The molecule has 1 heterocycles. The van der Waals surface area contributed by atoms with Crippen LogP contribution >= 0.6 is 0 Å². The largest absolute Gasteiger partial charge is 0.384 e. The van der Waals surface area contributed by atoms with Gasteiger partial charge in [-0.05, 0) is 24.1 Å². The minimum absolute atomic E-state index is 0.157. The first-order valence-electron chi connectivity index (χ1n) is 6.82. The summed E-state index contributed by atoms with van der Waals surface area (Å²) in [7, 11) is 2.71. The number of amides is 1. The summed E-state index contributed by atoms with van der Waals surface area (Å²) in [6, 6.07) is 7.27. The van der Waals surface area contributed by atoms with Crippen LogP contribution in [-0.4, -0.2) is 15.0 Å². The van der Waals surface area contributed by atoms with E-state index >= 15 is 0 Å². The van der Waals surface area contributed by atoms with Crippen LogP contribution in [0.3, 0.4) is 0 Å². The van der Waals surface area contributed by atoms with Crippen LogP contribution in [0.2, 0.25) is 0 Å². The molecule has 2 aromatic rings. The monoisotopic (exact) mass is 302 g/mol. The molecule has 0 saturated heterocycles. The van der Waals surface area contributed by atoms with Gasteiger partial charge in [-0.2, -0.15) is 0 Å². The van der Waals surface area contributed by atoms with E-state index in [0.717, 1.165) is 21.1 Å². The zero-order valence-electron chi connectivity index (χ0n) is 12.7. The number of benzene rings is 1. The second-order valence-corrected chi connectivity index (χ2v) is 4.97. The Morgan fingerprint density at radius 3 is 2.27 bits per heavy atom. The van der Waals surface area contributed by atoms with Crippen LogP contribution < -0.4 is 22.3 Å².